The lowest BCUT2D eigenvalue weighted by molar-refractivity contribution is 0.312. The largest absolute Gasteiger partial charge is 0.286 e. The predicted octanol–water partition coefficient (Wildman–Crippen LogP) is 1.69. The molecule has 1 saturated heterocycles. The summed E-state index contributed by atoms with van der Waals surface area (Å²) in [6.45, 7) is 0.952. The first-order chi connectivity index (χ1) is 11.7. The van der Waals surface area contributed by atoms with E-state index in [4.69, 9.17) is 0 Å². The normalized spacial score (nSPS) is 17.3. The highest BCUT2D eigenvalue weighted by Crippen LogP contribution is 2.29. The fourth-order valence-electron chi connectivity index (χ4n) is 3.14. The molecule has 0 N–H and O–H groups in total. The fourth-order valence-corrected chi connectivity index (χ4v) is 4.58. The highest BCUT2D eigenvalue weighted by molar-refractivity contribution is 7.89. The Labute approximate surface area is 140 Å². The summed E-state index contributed by atoms with van der Waals surface area (Å²) in [7, 11) is -3.47. The highest BCUT2D eigenvalue weighted by atomic mass is 32.2. The standard InChI is InChI=1S/C16H17N5O2S/c22-24(23,14-4-3-8-17-12-14)20-10-6-13(7-11-20)16-19-18-15-5-1-2-9-21(15)16/h1-5,8-9,12-13H,6-7,10-11H2. The van der Waals surface area contributed by atoms with E-state index in [1.54, 1.807) is 18.3 Å². The van der Waals surface area contributed by atoms with Crippen LogP contribution in [0.15, 0.2) is 53.8 Å². The van der Waals surface area contributed by atoms with Gasteiger partial charge in [-0.1, -0.05) is 6.07 Å². The Hall–Kier alpha value is -2.32. The molecule has 24 heavy (non-hydrogen) atoms. The monoisotopic (exact) mass is 343 g/mol. The molecule has 4 heterocycles. The summed E-state index contributed by atoms with van der Waals surface area (Å²) in [4.78, 5) is 4.15. The van der Waals surface area contributed by atoms with Gasteiger partial charge in [-0.3, -0.25) is 9.38 Å². The molecule has 7 nitrogen and oxygen atoms in total. The zero-order valence-corrected chi connectivity index (χ0v) is 13.8. The predicted molar refractivity (Wildman–Crippen MR) is 88.0 cm³/mol. The third-order valence-corrected chi connectivity index (χ3v) is 6.31. The minimum Gasteiger partial charge on any atom is -0.286 e. The lowest BCUT2D eigenvalue weighted by Crippen LogP contribution is -2.38. The number of fused-ring (bicyclic) bond motifs is 1. The van der Waals surface area contributed by atoms with Gasteiger partial charge in [-0.2, -0.15) is 4.31 Å². The van der Waals surface area contributed by atoms with Crippen molar-refractivity contribution in [1.29, 1.82) is 0 Å². The molecule has 1 aliphatic heterocycles. The summed E-state index contributed by atoms with van der Waals surface area (Å²) in [6.07, 6.45) is 6.38. The number of piperidine rings is 1. The van der Waals surface area contributed by atoms with Gasteiger partial charge in [-0.25, -0.2) is 8.42 Å². The maximum Gasteiger partial charge on any atom is 0.244 e. The van der Waals surface area contributed by atoms with E-state index in [1.807, 2.05) is 28.8 Å². The molecule has 8 heteroatoms. The number of rotatable bonds is 3. The second-order valence-electron chi connectivity index (χ2n) is 5.85. The number of aromatic nitrogens is 4. The van der Waals surface area contributed by atoms with E-state index in [9.17, 15) is 8.42 Å². The SMILES string of the molecule is O=S(=O)(c1cccnc1)N1CCC(c2nnc3ccccn23)CC1. The van der Waals surface area contributed by atoms with Gasteiger partial charge in [0.2, 0.25) is 10.0 Å². The molecule has 0 spiro atoms. The van der Waals surface area contributed by atoms with Crippen molar-refractivity contribution in [2.45, 2.75) is 23.7 Å². The Kier molecular flexibility index (Phi) is 3.78. The summed E-state index contributed by atoms with van der Waals surface area (Å²) in [5.41, 5.74) is 0.818. The lowest BCUT2D eigenvalue weighted by Gasteiger charge is -2.30. The summed E-state index contributed by atoms with van der Waals surface area (Å²) in [6, 6.07) is 9.01. The van der Waals surface area contributed by atoms with Crippen molar-refractivity contribution < 1.29 is 8.42 Å². The van der Waals surface area contributed by atoms with Gasteiger partial charge in [0.15, 0.2) is 5.65 Å². The summed E-state index contributed by atoms with van der Waals surface area (Å²) in [5.74, 6) is 1.12. The molecule has 3 aromatic heterocycles. The first-order valence-electron chi connectivity index (χ1n) is 7.86. The zero-order valence-electron chi connectivity index (χ0n) is 13.0. The van der Waals surface area contributed by atoms with Crippen LogP contribution in [0.5, 0.6) is 0 Å². The van der Waals surface area contributed by atoms with Gasteiger partial charge in [0, 0.05) is 37.6 Å². The van der Waals surface area contributed by atoms with E-state index in [0.29, 0.717) is 13.1 Å². The Bertz CT molecular complexity index is 947. The van der Waals surface area contributed by atoms with Gasteiger partial charge in [-0.15, -0.1) is 10.2 Å². The van der Waals surface area contributed by atoms with Crippen molar-refractivity contribution in [3.05, 3.63) is 54.7 Å². The number of pyridine rings is 2. The molecular formula is C16H17N5O2S. The Morgan fingerprint density at radius 2 is 1.88 bits per heavy atom. The maximum atomic E-state index is 12.6. The first kappa shape index (κ1) is 15.2. The zero-order chi connectivity index (χ0) is 16.6. The first-order valence-corrected chi connectivity index (χ1v) is 9.30. The summed E-state index contributed by atoms with van der Waals surface area (Å²) >= 11 is 0. The van der Waals surface area contributed by atoms with Crippen LogP contribution in [0.2, 0.25) is 0 Å². The van der Waals surface area contributed by atoms with Gasteiger partial charge >= 0.3 is 0 Å². The van der Waals surface area contributed by atoms with E-state index in [-0.39, 0.29) is 10.8 Å². The Morgan fingerprint density at radius 3 is 2.62 bits per heavy atom. The van der Waals surface area contributed by atoms with E-state index in [0.717, 1.165) is 24.3 Å². The molecule has 124 valence electrons. The second-order valence-corrected chi connectivity index (χ2v) is 7.79. The molecule has 0 amide bonds. The minimum atomic E-state index is -3.47. The van der Waals surface area contributed by atoms with E-state index < -0.39 is 10.0 Å². The molecule has 0 radical (unpaired) electrons. The van der Waals surface area contributed by atoms with Crippen LogP contribution < -0.4 is 0 Å². The van der Waals surface area contributed by atoms with Crippen LogP contribution in [-0.4, -0.2) is 45.4 Å². The third kappa shape index (κ3) is 2.57. The molecule has 1 aliphatic rings. The molecule has 0 saturated carbocycles. The average molecular weight is 343 g/mol. The van der Waals surface area contributed by atoms with Crippen molar-refractivity contribution in [2.75, 3.05) is 13.1 Å². The number of nitrogens with zero attached hydrogens (tertiary/aromatic N) is 5. The van der Waals surface area contributed by atoms with Crippen molar-refractivity contribution >= 4 is 15.7 Å². The van der Waals surface area contributed by atoms with Gasteiger partial charge in [0.25, 0.3) is 0 Å². The van der Waals surface area contributed by atoms with Crippen molar-refractivity contribution in [3.8, 4) is 0 Å². The molecule has 4 rings (SSSR count). The fraction of sp³-hybridized carbons (Fsp3) is 0.312. The quantitative estimate of drug-likeness (QED) is 0.723. The van der Waals surface area contributed by atoms with Crippen LogP contribution in [-0.2, 0) is 10.0 Å². The molecule has 0 unspecified atom stereocenters. The van der Waals surface area contributed by atoms with Crippen LogP contribution in [0.1, 0.15) is 24.6 Å². The van der Waals surface area contributed by atoms with Crippen molar-refractivity contribution in [3.63, 3.8) is 0 Å². The molecule has 0 bridgehead atoms. The number of hydrogen-bond acceptors (Lipinski definition) is 5. The lowest BCUT2D eigenvalue weighted by atomic mass is 9.97. The second kappa shape index (κ2) is 5.95. The number of sulfonamides is 1. The van der Waals surface area contributed by atoms with Gasteiger partial charge < -0.3 is 0 Å². The van der Waals surface area contributed by atoms with Crippen LogP contribution in [0.4, 0.5) is 0 Å². The van der Waals surface area contributed by atoms with Crippen LogP contribution >= 0.6 is 0 Å². The molecular weight excluding hydrogens is 326 g/mol. The van der Waals surface area contributed by atoms with E-state index in [1.165, 1.54) is 10.5 Å². The van der Waals surface area contributed by atoms with E-state index in [2.05, 4.69) is 15.2 Å². The molecule has 3 aromatic rings. The van der Waals surface area contributed by atoms with Crippen LogP contribution in [0.25, 0.3) is 5.65 Å². The average Bonchev–Trinajstić information content (AvgIpc) is 3.07. The number of hydrogen-bond donors (Lipinski definition) is 0. The topological polar surface area (TPSA) is 80.5 Å². The summed E-state index contributed by atoms with van der Waals surface area (Å²) in [5, 5.41) is 8.48. The van der Waals surface area contributed by atoms with Gasteiger partial charge in [-0.05, 0) is 37.1 Å². The van der Waals surface area contributed by atoms with Crippen molar-refractivity contribution in [2.24, 2.45) is 0 Å². The minimum absolute atomic E-state index is 0.211. The maximum absolute atomic E-state index is 12.6. The third-order valence-electron chi connectivity index (χ3n) is 4.43. The highest BCUT2D eigenvalue weighted by Gasteiger charge is 2.31. The van der Waals surface area contributed by atoms with Crippen LogP contribution in [0, 0.1) is 0 Å². The molecule has 0 aromatic carbocycles. The Morgan fingerprint density at radius 1 is 1.04 bits per heavy atom. The molecule has 1 fully saturated rings. The van der Waals surface area contributed by atoms with Crippen molar-refractivity contribution in [1.82, 2.24) is 23.9 Å². The van der Waals surface area contributed by atoms with Gasteiger partial charge in [0.1, 0.15) is 10.7 Å². The molecule has 0 atom stereocenters. The Balaban J connectivity index is 1.53. The smallest absolute Gasteiger partial charge is 0.244 e. The van der Waals surface area contributed by atoms with E-state index >= 15 is 0 Å². The summed E-state index contributed by atoms with van der Waals surface area (Å²) < 4.78 is 28.8. The molecule has 0 aliphatic carbocycles. The van der Waals surface area contributed by atoms with Crippen LogP contribution in [0.3, 0.4) is 0 Å². The van der Waals surface area contributed by atoms with Gasteiger partial charge in [0.05, 0.1) is 0 Å².